The number of carbonyl (C=O) groups is 2. The second-order valence-corrected chi connectivity index (χ2v) is 10.8. The topological polar surface area (TPSA) is 87.7 Å². The molecule has 1 saturated carbocycles. The van der Waals surface area contributed by atoms with Crippen molar-refractivity contribution >= 4 is 17.6 Å². The van der Waals surface area contributed by atoms with E-state index in [0.717, 1.165) is 77.7 Å². The molecule has 0 unspecified atom stereocenters. The van der Waals surface area contributed by atoms with Crippen LogP contribution in [0.25, 0.3) is 0 Å². The van der Waals surface area contributed by atoms with Gasteiger partial charge in [0, 0.05) is 43.0 Å². The van der Waals surface area contributed by atoms with E-state index >= 15 is 0 Å². The van der Waals surface area contributed by atoms with Crippen LogP contribution in [0, 0.1) is 17.7 Å². The van der Waals surface area contributed by atoms with Crippen molar-refractivity contribution in [3.8, 4) is 0 Å². The maximum Gasteiger partial charge on any atom is 0.254 e. The van der Waals surface area contributed by atoms with Gasteiger partial charge in [-0.3, -0.25) is 9.59 Å². The quantitative estimate of drug-likeness (QED) is 0.528. The number of anilines is 1. The number of halogens is 1. The lowest BCUT2D eigenvalue weighted by Crippen LogP contribution is -2.39. The number of amides is 1. The number of hydrogen-bond acceptors (Lipinski definition) is 7. The van der Waals surface area contributed by atoms with Crippen molar-refractivity contribution in [1.82, 2.24) is 20.2 Å². The molecule has 1 N–H and O–H groups in total. The summed E-state index contributed by atoms with van der Waals surface area (Å²) in [6.45, 7) is 5.82. The maximum atomic E-state index is 13.2. The van der Waals surface area contributed by atoms with Gasteiger partial charge in [0.2, 0.25) is 5.95 Å². The van der Waals surface area contributed by atoms with Gasteiger partial charge in [0.05, 0.1) is 18.8 Å². The lowest BCUT2D eigenvalue weighted by Gasteiger charge is -2.34. The SMILES string of the molecule is O=C(NC1CCC(CCN2CCC(C(=O)c3ccc(F)cc3)CC2)CC1)c1cnc(N2CCOCC2)nc1. The number of carbonyl (C=O) groups excluding carboxylic acids is 2. The van der Waals surface area contributed by atoms with E-state index in [9.17, 15) is 14.0 Å². The van der Waals surface area contributed by atoms with E-state index in [-0.39, 0.29) is 29.5 Å². The molecule has 204 valence electrons. The Morgan fingerprint density at radius 1 is 0.895 bits per heavy atom. The van der Waals surface area contributed by atoms with Crippen LogP contribution in [0.1, 0.15) is 65.7 Å². The van der Waals surface area contributed by atoms with E-state index in [2.05, 4.69) is 25.1 Å². The van der Waals surface area contributed by atoms with Crippen molar-refractivity contribution in [2.24, 2.45) is 11.8 Å². The molecule has 0 spiro atoms. The standard InChI is InChI=1S/C29H38FN5O3/c30-25-5-3-22(4-6-25)27(36)23-10-13-34(14-11-23)12-9-21-1-7-26(8-2-21)33-28(37)24-19-31-29(32-20-24)35-15-17-38-18-16-35/h3-6,19-21,23,26H,1-2,7-18H2,(H,33,37). The van der Waals surface area contributed by atoms with Gasteiger partial charge in [-0.2, -0.15) is 0 Å². The number of morpholine rings is 1. The molecule has 1 aromatic heterocycles. The van der Waals surface area contributed by atoms with E-state index in [0.29, 0.717) is 36.2 Å². The average Bonchev–Trinajstić information content (AvgIpc) is 2.97. The normalized spacial score (nSPS) is 23.2. The average molecular weight is 524 g/mol. The number of ketones is 1. The number of nitrogens with zero attached hydrogens (tertiary/aromatic N) is 4. The number of aromatic nitrogens is 2. The van der Waals surface area contributed by atoms with Crippen molar-refractivity contribution in [3.05, 3.63) is 53.6 Å². The second-order valence-electron chi connectivity index (χ2n) is 10.8. The summed E-state index contributed by atoms with van der Waals surface area (Å²) in [5, 5.41) is 3.18. The molecule has 2 aliphatic heterocycles. The molecule has 0 atom stereocenters. The Hall–Kier alpha value is -2.91. The number of ether oxygens (including phenoxy) is 1. The van der Waals surface area contributed by atoms with Gasteiger partial charge in [-0.25, -0.2) is 14.4 Å². The molecular formula is C29H38FN5O3. The molecule has 1 aliphatic carbocycles. The number of piperidine rings is 1. The van der Waals surface area contributed by atoms with Crippen LogP contribution in [-0.2, 0) is 4.74 Å². The summed E-state index contributed by atoms with van der Waals surface area (Å²) in [5.74, 6) is 1.10. The van der Waals surface area contributed by atoms with Crippen LogP contribution in [0.15, 0.2) is 36.7 Å². The van der Waals surface area contributed by atoms with Gasteiger partial charge in [0.1, 0.15) is 5.82 Å². The third kappa shape index (κ3) is 6.94. The van der Waals surface area contributed by atoms with Crippen LogP contribution in [0.5, 0.6) is 0 Å². The number of likely N-dealkylation sites (tertiary alicyclic amines) is 1. The molecule has 3 aliphatic rings. The molecule has 2 saturated heterocycles. The molecule has 1 amide bonds. The first-order chi connectivity index (χ1) is 18.5. The van der Waals surface area contributed by atoms with Gasteiger partial charge < -0.3 is 19.9 Å². The molecule has 38 heavy (non-hydrogen) atoms. The lowest BCUT2D eigenvalue weighted by molar-refractivity contribution is 0.0832. The fourth-order valence-corrected chi connectivity index (χ4v) is 5.86. The number of Topliss-reactive ketones (excluding diaryl/α,β-unsaturated/α-hetero) is 1. The van der Waals surface area contributed by atoms with Crippen LogP contribution in [0.2, 0.25) is 0 Å². The van der Waals surface area contributed by atoms with E-state index in [1.54, 1.807) is 24.5 Å². The maximum absolute atomic E-state index is 13.2. The molecule has 5 rings (SSSR count). The first kappa shape index (κ1) is 26.7. The first-order valence-corrected chi connectivity index (χ1v) is 14.0. The highest BCUT2D eigenvalue weighted by molar-refractivity contribution is 5.97. The summed E-state index contributed by atoms with van der Waals surface area (Å²) in [6, 6.07) is 6.12. The molecular weight excluding hydrogens is 485 g/mol. The van der Waals surface area contributed by atoms with Crippen molar-refractivity contribution in [2.45, 2.75) is 51.0 Å². The van der Waals surface area contributed by atoms with Crippen LogP contribution in [-0.4, -0.2) is 78.5 Å². The Bertz CT molecular complexity index is 1060. The van der Waals surface area contributed by atoms with Gasteiger partial charge in [-0.1, -0.05) is 0 Å². The molecule has 9 heteroatoms. The predicted octanol–water partition coefficient (Wildman–Crippen LogP) is 3.73. The summed E-state index contributed by atoms with van der Waals surface area (Å²) < 4.78 is 18.5. The molecule has 8 nitrogen and oxygen atoms in total. The predicted molar refractivity (Wildman–Crippen MR) is 143 cm³/mol. The summed E-state index contributed by atoms with van der Waals surface area (Å²) in [7, 11) is 0. The Morgan fingerprint density at radius 2 is 1.55 bits per heavy atom. The van der Waals surface area contributed by atoms with Gasteiger partial charge >= 0.3 is 0 Å². The summed E-state index contributed by atoms with van der Waals surface area (Å²) in [6.07, 6.45) is 10.4. The number of rotatable bonds is 8. The Morgan fingerprint density at radius 3 is 2.21 bits per heavy atom. The minimum absolute atomic E-state index is 0.0386. The highest BCUT2D eigenvalue weighted by Crippen LogP contribution is 2.29. The van der Waals surface area contributed by atoms with Gasteiger partial charge in [0.25, 0.3) is 5.91 Å². The molecule has 3 fully saturated rings. The Labute approximate surface area is 224 Å². The zero-order valence-electron chi connectivity index (χ0n) is 22.0. The minimum Gasteiger partial charge on any atom is -0.378 e. The third-order valence-electron chi connectivity index (χ3n) is 8.32. The molecule has 0 bridgehead atoms. The van der Waals surface area contributed by atoms with Crippen molar-refractivity contribution in [1.29, 1.82) is 0 Å². The number of nitrogens with one attached hydrogen (secondary N) is 1. The fourth-order valence-electron chi connectivity index (χ4n) is 5.86. The van der Waals surface area contributed by atoms with Crippen LogP contribution in [0.3, 0.4) is 0 Å². The van der Waals surface area contributed by atoms with E-state index < -0.39 is 0 Å². The first-order valence-electron chi connectivity index (χ1n) is 14.0. The van der Waals surface area contributed by atoms with E-state index in [1.165, 1.54) is 12.1 Å². The molecule has 2 aromatic rings. The van der Waals surface area contributed by atoms with Gasteiger partial charge in [-0.05, 0) is 94.8 Å². The van der Waals surface area contributed by atoms with E-state index in [4.69, 9.17) is 4.74 Å². The minimum atomic E-state index is -0.309. The number of benzene rings is 1. The highest BCUT2D eigenvalue weighted by atomic mass is 19.1. The second kappa shape index (κ2) is 12.8. The molecule has 0 radical (unpaired) electrons. The van der Waals surface area contributed by atoms with Gasteiger partial charge in [-0.15, -0.1) is 0 Å². The number of hydrogen-bond donors (Lipinski definition) is 1. The van der Waals surface area contributed by atoms with Crippen molar-refractivity contribution < 1.29 is 18.7 Å². The molecule has 3 heterocycles. The fraction of sp³-hybridized carbons (Fsp3) is 0.586. The van der Waals surface area contributed by atoms with Crippen LogP contribution >= 0.6 is 0 Å². The monoisotopic (exact) mass is 523 g/mol. The zero-order valence-corrected chi connectivity index (χ0v) is 22.0. The summed E-state index contributed by atoms with van der Waals surface area (Å²) in [5.41, 5.74) is 1.12. The Kier molecular flexibility index (Phi) is 8.96. The smallest absolute Gasteiger partial charge is 0.254 e. The van der Waals surface area contributed by atoms with E-state index in [1.807, 2.05) is 0 Å². The van der Waals surface area contributed by atoms with Crippen LogP contribution in [0.4, 0.5) is 10.3 Å². The van der Waals surface area contributed by atoms with Gasteiger partial charge in [0.15, 0.2) is 5.78 Å². The van der Waals surface area contributed by atoms with Crippen molar-refractivity contribution in [3.63, 3.8) is 0 Å². The Balaban J connectivity index is 0.986. The summed E-state index contributed by atoms with van der Waals surface area (Å²) in [4.78, 5) is 38.8. The molecule has 1 aromatic carbocycles. The van der Waals surface area contributed by atoms with Crippen molar-refractivity contribution in [2.75, 3.05) is 50.8 Å². The highest BCUT2D eigenvalue weighted by Gasteiger charge is 2.27. The summed E-state index contributed by atoms with van der Waals surface area (Å²) >= 11 is 0. The van der Waals surface area contributed by atoms with Crippen LogP contribution < -0.4 is 10.2 Å². The largest absolute Gasteiger partial charge is 0.378 e. The third-order valence-corrected chi connectivity index (χ3v) is 8.32. The zero-order chi connectivity index (χ0) is 26.3. The lowest BCUT2D eigenvalue weighted by atomic mass is 9.83.